The Morgan fingerprint density at radius 3 is 2.38 bits per heavy atom. The molecule has 16 heavy (non-hydrogen) atoms. The van der Waals surface area contributed by atoms with Crippen molar-refractivity contribution in [2.75, 3.05) is 13.1 Å². The van der Waals surface area contributed by atoms with E-state index in [2.05, 4.69) is 11.8 Å². The maximum atomic E-state index is 6.13. The fraction of sp³-hybridized carbons (Fsp3) is 1.00. The third-order valence-corrected chi connectivity index (χ3v) is 4.51. The molecule has 0 heterocycles. The lowest BCUT2D eigenvalue weighted by Crippen LogP contribution is -2.56. The Morgan fingerprint density at radius 1 is 1.19 bits per heavy atom. The summed E-state index contributed by atoms with van der Waals surface area (Å²) >= 11 is 0. The Kier molecular flexibility index (Phi) is 4.26. The molecule has 0 bridgehead atoms. The molecule has 2 N–H and O–H groups in total. The highest BCUT2D eigenvalue weighted by Gasteiger charge is 2.43. The van der Waals surface area contributed by atoms with Crippen molar-refractivity contribution in [3.63, 3.8) is 0 Å². The third kappa shape index (κ3) is 2.60. The van der Waals surface area contributed by atoms with Crippen LogP contribution in [0, 0.1) is 0 Å². The van der Waals surface area contributed by atoms with Gasteiger partial charge in [-0.25, -0.2) is 0 Å². The highest BCUT2D eigenvalue weighted by atomic mass is 15.3. The van der Waals surface area contributed by atoms with Gasteiger partial charge in [0, 0.05) is 18.1 Å². The normalized spacial score (nSPS) is 24.9. The van der Waals surface area contributed by atoms with E-state index in [-0.39, 0.29) is 0 Å². The summed E-state index contributed by atoms with van der Waals surface area (Å²) in [6, 6.07) is 0.883. The van der Waals surface area contributed by atoms with Crippen LogP contribution in [-0.4, -0.2) is 29.6 Å². The lowest BCUT2D eigenvalue weighted by Gasteiger charge is -2.46. The van der Waals surface area contributed by atoms with E-state index in [9.17, 15) is 0 Å². The average molecular weight is 224 g/mol. The Bertz CT molecular complexity index is 205. The molecule has 0 aromatic heterocycles. The van der Waals surface area contributed by atoms with Gasteiger partial charge in [-0.2, -0.15) is 0 Å². The first-order valence-electron chi connectivity index (χ1n) is 7.29. The van der Waals surface area contributed by atoms with E-state index < -0.39 is 0 Å². The zero-order valence-electron chi connectivity index (χ0n) is 10.9. The summed E-state index contributed by atoms with van der Waals surface area (Å²) in [5, 5.41) is 0. The summed E-state index contributed by atoms with van der Waals surface area (Å²) in [6.45, 7) is 4.46. The van der Waals surface area contributed by atoms with Gasteiger partial charge in [-0.15, -0.1) is 0 Å². The number of nitrogens with zero attached hydrogens (tertiary/aromatic N) is 1. The summed E-state index contributed by atoms with van der Waals surface area (Å²) in [4.78, 5) is 2.80. The van der Waals surface area contributed by atoms with Crippen LogP contribution in [0.5, 0.6) is 0 Å². The third-order valence-electron chi connectivity index (χ3n) is 4.51. The molecule has 0 aromatic rings. The van der Waals surface area contributed by atoms with Gasteiger partial charge in [0.1, 0.15) is 0 Å². The van der Waals surface area contributed by atoms with Gasteiger partial charge in [-0.1, -0.05) is 32.6 Å². The van der Waals surface area contributed by atoms with Gasteiger partial charge < -0.3 is 5.73 Å². The van der Waals surface area contributed by atoms with Crippen molar-refractivity contribution in [3.8, 4) is 0 Å². The van der Waals surface area contributed by atoms with Gasteiger partial charge in [0.25, 0.3) is 0 Å². The Balaban J connectivity index is 2.01. The molecule has 0 radical (unpaired) electrons. The second-order valence-corrected chi connectivity index (χ2v) is 5.77. The van der Waals surface area contributed by atoms with Crippen LogP contribution in [0.3, 0.4) is 0 Å². The monoisotopic (exact) mass is 224 g/mol. The number of hydrogen-bond donors (Lipinski definition) is 1. The van der Waals surface area contributed by atoms with Gasteiger partial charge in [0.05, 0.1) is 0 Å². The zero-order chi connectivity index (χ0) is 11.4. The zero-order valence-corrected chi connectivity index (χ0v) is 10.9. The molecular weight excluding hydrogens is 196 g/mol. The Morgan fingerprint density at radius 2 is 1.88 bits per heavy atom. The maximum Gasteiger partial charge on any atom is 0.0334 e. The largest absolute Gasteiger partial charge is 0.329 e. The van der Waals surface area contributed by atoms with Gasteiger partial charge >= 0.3 is 0 Å². The van der Waals surface area contributed by atoms with Gasteiger partial charge in [0.2, 0.25) is 0 Å². The van der Waals surface area contributed by atoms with Crippen LogP contribution in [0.4, 0.5) is 0 Å². The van der Waals surface area contributed by atoms with Crippen LogP contribution in [0.15, 0.2) is 0 Å². The highest BCUT2D eigenvalue weighted by Crippen LogP contribution is 2.40. The molecule has 94 valence electrons. The number of nitrogens with two attached hydrogens (primary N) is 1. The van der Waals surface area contributed by atoms with Crippen LogP contribution in [0.1, 0.15) is 64.7 Å². The molecule has 0 unspecified atom stereocenters. The van der Waals surface area contributed by atoms with Crippen LogP contribution < -0.4 is 5.73 Å². The Labute approximate surface area is 101 Å². The molecule has 2 nitrogen and oxygen atoms in total. The molecule has 0 aromatic carbocycles. The minimum absolute atomic E-state index is 0.384. The molecule has 0 amide bonds. The molecule has 0 aliphatic heterocycles. The van der Waals surface area contributed by atoms with Crippen LogP contribution in [-0.2, 0) is 0 Å². The molecule has 2 aliphatic carbocycles. The SMILES string of the molecule is CCCCN(C1CC1)C1(CN)CCCCC1. The van der Waals surface area contributed by atoms with Crippen molar-refractivity contribution in [1.82, 2.24) is 4.90 Å². The lowest BCUT2D eigenvalue weighted by atomic mass is 9.80. The van der Waals surface area contributed by atoms with Crippen molar-refractivity contribution < 1.29 is 0 Å². The van der Waals surface area contributed by atoms with Crippen LogP contribution in [0.25, 0.3) is 0 Å². The molecule has 0 spiro atoms. The van der Waals surface area contributed by atoms with Gasteiger partial charge in [0.15, 0.2) is 0 Å². The molecule has 0 saturated heterocycles. The fourth-order valence-corrected chi connectivity index (χ4v) is 3.34. The standard InChI is InChI=1S/C14H28N2/c1-2-3-11-16(13-7-8-13)14(12-15)9-5-4-6-10-14/h13H,2-12,15H2,1H3. The Hall–Kier alpha value is -0.0800. The molecule has 2 heteroatoms. The van der Waals surface area contributed by atoms with Crippen molar-refractivity contribution in [1.29, 1.82) is 0 Å². The average Bonchev–Trinajstić information content (AvgIpc) is 3.15. The number of unbranched alkanes of at least 4 members (excludes halogenated alkanes) is 1. The van der Waals surface area contributed by atoms with Crippen LogP contribution >= 0.6 is 0 Å². The lowest BCUT2D eigenvalue weighted by molar-refractivity contribution is 0.0478. The quantitative estimate of drug-likeness (QED) is 0.751. The van der Waals surface area contributed by atoms with Gasteiger partial charge in [-0.3, -0.25) is 4.90 Å². The van der Waals surface area contributed by atoms with Crippen molar-refractivity contribution in [2.24, 2.45) is 5.73 Å². The first-order chi connectivity index (χ1) is 7.82. The highest BCUT2D eigenvalue weighted by molar-refractivity contribution is 5.00. The summed E-state index contributed by atoms with van der Waals surface area (Å²) in [6.07, 6.45) is 12.4. The van der Waals surface area contributed by atoms with E-state index in [4.69, 9.17) is 5.73 Å². The van der Waals surface area contributed by atoms with E-state index in [1.165, 1.54) is 64.3 Å². The summed E-state index contributed by atoms with van der Waals surface area (Å²) < 4.78 is 0. The second kappa shape index (κ2) is 5.50. The van der Waals surface area contributed by atoms with Crippen molar-refractivity contribution in [2.45, 2.75) is 76.3 Å². The molecule has 2 fully saturated rings. The first-order valence-corrected chi connectivity index (χ1v) is 7.29. The predicted molar refractivity (Wildman–Crippen MR) is 69.5 cm³/mol. The van der Waals surface area contributed by atoms with E-state index in [1.54, 1.807) is 0 Å². The van der Waals surface area contributed by atoms with Crippen molar-refractivity contribution >= 4 is 0 Å². The first kappa shape index (κ1) is 12.4. The molecular formula is C14H28N2. The molecule has 2 saturated carbocycles. The van der Waals surface area contributed by atoms with Gasteiger partial charge in [-0.05, 0) is 38.6 Å². The fourth-order valence-electron chi connectivity index (χ4n) is 3.34. The van der Waals surface area contributed by atoms with E-state index in [0.29, 0.717) is 5.54 Å². The summed E-state index contributed by atoms with van der Waals surface area (Å²) in [5.74, 6) is 0. The number of rotatable bonds is 6. The smallest absolute Gasteiger partial charge is 0.0334 e. The molecule has 2 aliphatic rings. The minimum atomic E-state index is 0.384. The number of hydrogen-bond acceptors (Lipinski definition) is 2. The predicted octanol–water partition coefficient (Wildman–Crippen LogP) is 2.91. The van der Waals surface area contributed by atoms with E-state index in [0.717, 1.165) is 12.6 Å². The maximum absolute atomic E-state index is 6.13. The summed E-state index contributed by atoms with van der Waals surface area (Å²) in [5.41, 5.74) is 6.52. The molecule has 0 atom stereocenters. The summed E-state index contributed by atoms with van der Waals surface area (Å²) in [7, 11) is 0. The van der Waals surface area contributed by atoms with Crippen LogP contribution in [0.2, 0.25) is 0 Å². The molecule has 2 rings (SSSR count). The van der Waals surface area contributed by atoms with E-state index >= 15 is 0 Å². The minimum Gasteiger partial charge on any atom is -0.329 e. The van der Waals surface area contributed by atoms with E-state index in [1.807, 2.05) is 0 Å². The topological polar surface area (TPSA) is 29.3 Å². The van der Waals surface area contributed by atoms with Crippen molar-refractivity contribution in [3.05, 3.63) is 0 Å². The second-order valence-electron chi connectivity index (χ2n) is 5.77.